The van der Waals surface area contributed by atoms with Crippen LogP contribution in [0.2, 0.25) is 0 Å². The average Bonchev–Trinajstić information content (AvgIpc) is 2.53. The van der Waals surface area contributed by atoms with Crippen molar-refractivity contribution in [1.82, 2.24) is 0 Å². The van der Waals surface area contributed by atoms with Gasteiger partial charge in [-0.1, -0.05) is 0 Å². The SMILES string of the molecule is CC(C)(C)OC(=O)C1CCC(OS(=O)(=O)c2ccc(C(F)(F)F)cc2)CC1. The fourth-order valence-corrected chi connectivity index (χ4v) is 3.96. The number of benzene rings is 1. The largest absolute Gasteiger partial charge is 0.460 e. The van der Waals surface area contributed by atoms with Crippen LogP contribution in [0.3, 0.4) is 0 Å². The van der Waals surface area contributed by atoms with Gasteiger partial charge in [0.15, 0.2) is 0 Å². The van der Waals surface area contributed by atoms with Gasteiger partial charge in [-0.05, 0) is 70.7 Å². The fourth-order valence-electron chi connectivity index (χ4n) is 2.83. The van der Waals surface area contributed by atoms with E-state index in [1.807, 2.05) is 0 Å². The van der Waals surface area contributed by atoms with E-state index in [1.165, 1.54) is 0 Å². The Morgan fingerprint density at radius 2 is 1.52 bits per heavy atom. The van der Waals surface area contributed by atoms with Crippen molar-refractivity contribution in [2.45, 2.75) is 69.2 Å². The maximum Gasteiger partial charge on any atom is 0.416 e. The molecule has 27 heavy (non-hydrogen) atoms. The minimum absolute atomic E-state index is 0.308. The van der Waals surface area contributed by atoms with E-state index < -0.39 is 33.6 Å². The number of carbonyl (C=O) groups is 1. The molecule has 0 N–H and O–H groups in total. The molecule has 1 saturated carbocycles. The lowest BCUT2D eigenvalue weighted by Gasteiger charge is -2.29. The standard InChI is InChI=1S/C18H23F3O5S/c1-17(2,3)25-16(22)12-4-8-14(9-5-12)26-27(23,24)15-10-6-13(7-11-15)18(19,20)21/h6-7,10-12,14H,4-5,8-9H2,1-3H3. The van der Waals surface area contributed by atoms with Gasteiger partial charge in [-0.25, -0.2) is 0 Å². The maximum absolute atomic E-state index is 12.6. The lowest BCUT2D eigenvalue weighted by atomic mass is 9.87. The van der Waals surface area contributed by atoms with Crippen LogP contribution in [-0.4, -0.2) is 26.1 Å². The van der Waals surface area contributed by atoms with Crippen LogP contribution < -0.4 is 0 Å². The van der Waals surface area contributed by atoms with Crippen molar-refractivity contribution in [1.29, 1.82) is 0 Å². The number of rotatable bonds is 4. The summed E-state index contributed by atoms with van der Waals surface area (Å²) in [6.45, 7) is 5.32. The Bertz CT molecular complexity index is 756. The summed E-state index contributed by atoms with van der Waals surface area (Å²) in [5, 5.41) is 0. The molecule has 1 aliphatic rings. The molecule has 0 spiro atoms. The highest BCUT2D eigenvalue weighted by Gasteiger charge is 2.34. The summed E-state index contributed by atoms with van der Waals surface area (Å²) in [7, 11) is -4.17. The molecule has 0 aliphatic heterocycles. The molecular formula is C18H23F3O5S. The number of hydrogen-bond acceptors (Lipinski definition) is 5. The number of carbonyl (C=O) groups excluding carboxylic acids is 1. The van der Waals surface area contributed by atoms with Gasteiger partial charge in [0.25, 0.3) is 10.1 Å². The van der Waals surface area contributed by atoms with Crippen molar-refractivity contribution < 1.29 is 35.3 Å². The number of esters is 1. The monoisotopic (exact) mass is 408 g/mol. The van der Waals surface area contributed by atoms with E-state index in [-0.39, 0.29) is 16.8 Å². The van der Waals surface area contributed by atoms with Gasteiger partial charge in [0.1, 0.15) is 5.60 Å². The van der Waals surface area contributed by atoms with Crippen molar-refractivity contribution >= 4 is 16.1 Å². The first-order chi connectivity index (χ1) is 12.3. The molecule has 1 aliphatic carbocycles. The second-order valence-corrected chi connectivity index (χ2v) is 9.15. The third kappa shape index (κ3) is 6.21. The Morgan fingerprint density at radius 1 is 1.00 bits per heavy atom. The van der Waals surface area contributed by atoms with E-state index in [1.54, 1.807) is 20.8 Å². The van der Waals surface area contributed by atoms with Crippen molar-refractivity contribution in [2.75, 3.05) is 0 Å². The van der Waals surface area contributed by atoms with Gasteiger partial charge in [-0.15, -0.1) is 0 Å². The predicted octanol–water partition coefficient (Wildman–Crippen LogP) is 4.31. The van der Waals surface area contributed by atoms with Crippen LogP contribution >= 0.6 is 0 Å². The van der Waals surface area contributed by atoms with Gasteiger partial charge in [-0.3, -0.25) is 8.98 Å². The number of alkyl halides is 3. The highest BCUT2D eigenvalue weighted by Crippen LogP contribution is 2.32. The number of halogens is 3. The molecule has 152 valence electrons. The van der Waals surface area contributed by atoms with Gasteiger partial charge >= 0.3 is 12.1 Å². The predicted molar refractivity (Wildman–Crippen MR) is 91.3 cm³/mol. The van der Waals surface area contributed by atoms with Crippen molar-refractivity contribution in [2.24, 2.45) is 5.92 Å². The summed E-state index contributed by atoms with van der Waals surface area (Å²) in [5.74, 6) is -0.621. The first-order valence-electron chi connectivity index (χ1n) is 8.61. The van der Waals surface area contributed by atoms with Crippen LogP contribution in [0.1, 0.15) is 52.0 Å². The Kier molecular flexibility index (Phi) is 6.26. The van der Waals surface area contributed by atoms with Crippen LogP contribution in [0.15, 0.2) is 29.2 Å². The van der Waals surface area contributed by atoms with Gasteiger partial charge in [0, 0.05) is 0 Å². The lowest BCUT2D eigenvalue weighted by Crippen LogP contribution is -2.33. The van der Waals surface area contributed by atoms with Gasteiger partial charge in [0.2, 0.25) is 0 Å². The average molecular weight is 408 g/mol. The summed E-state index contributed by atoms with van der Waals surface area (Å²) in [4.78, 5) is 11.7. The smallest absolute Gasteiger partial charge is 0.416 e. The van der Waals surface area contributed by atoms with E-state index in [2.05, 4.69) is 0 Å². The first-order valence-corrected chi connectivity index (χ1v) is 10.0. The van der Waals surface area contributed by atoms with E-state index in [0.717, 1.165) is 12.1 Å². The van der Waals surface area contributed by atoms with E-state index >= 15 is 0 Å². The van der Waals surface area contributed by atoms with Crippen LogP contribution in [0.4, 0.5) is 13.2 Å². The molecule has 9 heteroatoms. The second-order valence-electron chi connectivity index (χ2n) is 7.58. The summed E-state index contributed by atoms with van der Waals surface area (Å²) in [5.41, 5.74) is -1.52. The highest BCUT2D eigenvalue weighted by molar-refractivity contribution is 7.86. The number of ether oxygens (including phenoxy) is 1. The Labute approximate surface area is 157 Å². The molecule has 0 bridgehead atoms. The molecule has 1 fully saturated rings. The summed E-state index contributed by atoms with van der Waals surface area (Å²) < 4.78 is 72.8. The zero-order valence-electron chi connectivity index (χ0n) is 15.4. The van der Waals surface area contributed by atoms with Crippen LogP contribution in [0.5, 0.6) is 0 Å². The molecule has 5 nitrogen and oxygen atoms in total. The zero-order chi connectivity index (χ0) is 20.5. The van der Waals surface area contributed by atoms with Gasteiger partial charge in [0.05, 0.1) is 22.5 Å². The Morgan fingerprint density at radius 3 is 1.96 bits per heavy atom. The molecule has 2 rings (SSSR count). The minimum atomic E-state index is -4.54. The molecule has 0 amide bonds. The molecule has 1 aromatic carbocycles. The lowest BCUT2D eigenvalue weighted by molar-refractivity contribution is -0.161. The first kappa shape index (κ1) is 21.7. The van der Waals surface area contributed by atoms with Crippen LogP contribution in [-0.2, 0) is 30.0 Å². The van der Waals surface area contributed by atoms with E-state index in [9.17, 15) is 26.4 Å². The van der Waals surface area contributed by atoms with E-state index in [4.69, 9.17) is 8.92 Å². The normalized spacial score (nSPS) is 21.7. The third-order valence-electron chi connectivity index (χ3n) is 4.15. The molecule has 0 heterocycles. The van der Waals surface area contributed by atoms with Crippen LogP contribution in [0, 0.1) is 5.92 Å². The third-order valence-corrected chi connectivity index (χ3v) is 5.52. The zero-order valence-corrected chi connectivity index (χ0v) is 16.2. The van der Waals surface area contributed by atoms with Crippen molar-refractivity contribution in [3.63, 3.8) is 0 Å². The Balaban J connectivity index is 1.95. The molecule has 0 atom stereocenters. The molecular weight excluding hydrogens is 385 g/mol. The van der Waals surface area contributed by atoms with E-state index in [0.29, 0.717) is 37.8 Å². The van der Waals surface area contributed by atoms with Gasteiger partial charge < -0.3 is 4.74 Å². The molecule has 0 aromatic heterocycles. The molecule has 0 radical (unpaired) electrons. The van der Waals surface area contributed by atoms with Crippen molar-refractivity contribution in [3.05, 3.63) is 29.8 Å². The summed E-state index contributed by atoms with van der Waals surface area (Å²) >= 11 is 0. The molecule has 1 aromatic rings. The highest BCUT2D eigenvalue weighted by atomic mass is 32.2. The maximum atomic E-state index is 12.6. The summed E-state index contributed by atoms with van der Waals surface area (Å²) in [6.07, 6.45) is -3.59. The van der Waals surface area contributed by atoms with Gasteiger partial charge in [-0.2, -0.15) is 21.6 Å². The topological polar surface area (TPSA) is 69.7 Å². The molecule has 0 unspecified atom stereocenters. The van der Waals surface area contributed by atoms with Crippen molar-refractivity contribution in [3.8, 4) is 0 Å². The second kappa shape index (κ2) is 7.79. The molecule has 0 saturated heterocycles. The minimum Gasteiger partial charge on any atom is -0.460 e. The number of hydrogen-bond donors (Lipinski definition) is 0. The fraction of sp³-hybridized carbons (Fsp3) is 0.611. The Hall–Kier alpha value is -1.61. The quantitative estimate of drug-likeness (QED) is 0.548. The van der Waals surface area contributed by atoms with Crippen LogP contribution in [0.25, 0.3) is 0 Å². The summed E-state index contributed by atoms with van der Waals surface area (Å²) in [6, 6.07) is 3.17.